The normalized spacial score (nSPS) is 16.4. The molecule has 1 aliphatic carbocycles. The summed E-state index contributed by atoms with van der Waals surface area (Å²) in [6, 6.07) is 0. The summed E-state index contributed by atoms with van der Waals surface area (Å²) < 4.78 is 0. The highest BCUT2D eigenvalue weighted by molar-refractivity contribution is 5.29. The van der Waals surface area contributed by atoms with Crippen molar-refractivity contribution in [1.82, 2.24) is 0 Å². The van der Waals surface area contributed by atoms with Crippen LogP contribution in [0, 0.1) is 6.42 Å². The summed E-state index contributed by atoms with van der Waals surface area (Å²) in [5, 5.41) is 0. The number of allylic oxidation sites excluding steroid dienone is 2. The van der Waals surface area contributed by atoms with E-state index in [0.717, 1.165) is 0 Å². The molecule has 0 aromatic carbocycles. The van der Waals surface area contributed by atoms with Gasteiger partial charge in [-0.2, -0.15) is 0 Å². The third-order valence-electron chi connectivity index (χ3n) is 1.14. The summed E-state index contributed by atoms with van der Waals surface area (Å²) in [6.07, 6.45) is 8.40. The zero-order valence-electron chi connectivity index (χ0n) is 4.78. The fraction of sp³-hybridized carbons (Fsp3) is 0.571. The second kappa shape index (κ2) is 2.15. The first-order valence-electron chi connectivity index (χ1n) is 2.95. The van der Waals surface area contributed by atoms with Gasteiger partial charge in [-0.25, -0.2) is 0 Å². The molecule has 0 saturated heterocycles. The molecule has 0 aromatic heterocycles. The molecule has 1 rings (SSSR count). The van der Waals surface area contributed by atoms with Gasteiger partial charge in [-0.05, 0) is 19.3 Å². The lowest BCUT2D eigenvalue weighted by Crippen LogP contribution is -1.68. The zero-order valence-corrected chi connectivity index (χ0v) is 4.78. The number of unbranched alkanes of at least 4 members (excludes halogenated alkanes) is 1. The van der Waals surface area contributed by atoms with Crippen LogP contribution in [0.4, 0.5) is 0 Å². The Hall–Kier alpha value is -0.260. The predicted molar refractivity (Wildman–Crippen MR) is 31.9 cm³/mol. The van der Waals surface area contributed by atoms with Crippen molar-refractivity contribution in [3.8, 4) is 0 Å². The zero-order chi connectivity index (χ0) is 5.11. The van der Waals surface area contributed by atoms with E-state index in [-0.39, 0.29) is 0 Å². The molecule has 0 fully saturated rings. The molecule has 0 aromatic rings. The van der Waals surface area contributed by atoms with E-state index < -0.39 is 0 Å². The maximum atomic E-state index is 2.32. The Labute approximate surface area is 45.2 Å². The Balaban J connectivity index is 1.89. The van der Waals surface area contributed by atoms with Gasteiger partial charge in [0.25, 0.3) is 0 Å². The molecule has 39 valence electrons. The van der Waals surface area contributed by atoms with E-state index in [1.165, 1.54) is 19.3 Å². The highest BCUT2D eigenvalue weighted by Gasteiger charge is 2.04. The molecular formula is C7H11. The lowest BCUT2D eigenvalue weighted by atomic mass is 10.2. The van der Waals surface area contributed by atoms with Crippen molar-refractivity contribution in [3.05, 3.63) is 18.1 Å². The summed E-state index contributed by atoms with van der Waals surface area (Å²) >= 11 is 0. The lowest BCUT2D eigenvalue weighted by Gasteiger charge is -1.85. The van der Waals surface area contributed by atoms with Crippen LogP contribution in [-0.2, 0) is 0 Å². The molecule has 0 atom stereocenters. The highest BCUT2D eigenvalue weighted by Crippen LogP contribution is 2.22. The van der Waals surface area contributed by atoms with Gasteiger partial charge in [0.2, 0.25) is 0 Å². The van der Waals surface area contributed by atoms with Crippen LogP contribution in [0.25, 0.3) is 0 Å². The number of rotatable bonds is 3. The highest BCUT2D eigenvalue weighted by atomic mass is 14.1. The van der Waals surface area contributed by atoms with Crippen molar-refractivity contribution in [3.63, 3.8) is 0 Å². The predicted octanol–water partition coefficient (Wildman–Crippen LogP) is 2.32. The van der Waals surface area contributed by atoms with E-state index in [1.807, 2.05) is 0 Å². The van der Waals surface area contributed by atoms with Gasteiger partial charge in [0.15, 0.2) is 0 Å². The van der Waals surface area contributed by atoms with Gasteiger partial charge in [0.1, 0.15) is 0 Å². The molecule has 1 aliphatic rings. The molecule has 0 nitrogen and oxygen atoms in total. The van der Waals surface area contributed by atoms with E-state index in [9.17, 15) is 0 Å². The molecule has 0 unspecified atom stereocenters. The molecule has 0 heteroatoms. The molecule has 0 aliphatic heterocycles. The van der Waals surface area contributed by atoms with Crippen molar-refractivity contribution in [1.29, 1.82) is 0 Å². The molecular weight excluding hydrogens is 84.1 g/mol. The largest absolute Gasteiger partial charge is 0.0806 e. The smallest absolute Gasteiger partial charge is 0.0133 e. The SMILES string of the molecule is CCC[CH]C1=CC1. The van der Waals surface area contributed by atoms with E-state index in [4.69, 9.17) is 0 Å². The first kappa shape index (κ1) is 4.89. The third-order valence-corrected chi connectivity index (χ3v) is 1.14. The summed E-state index contributed by atoms with van der Waals surface area (Å²) in [7, 11) is 0. The van der Waals surface area contributed by atoms with Crippen LogP contribution in [0.2, 0.25) is 0 Å². The summed E-state index contributed by atoms with van der Waals surface area (Å²) in [5.74, 6) is 0. The minimum atomic E-state index is 1.26. The van der Waals surface area contributed by atoms with Crippen LogP contribution in [0.5, 0.6) is 0 Å². The van der Waals surface area contributed by atoms with Crippen LogP contribution in [-0.4, -0.2) is 0 Å². The summed E-state index contributed by atoms with van der Waals surface area (Å²) in [5.41, 5.74) is 1.56. The monoisotopic (exact) mass is 95.1 g/mol. The maximum absolute atomic E-state index is 2.32. The number of hydrogen-bond donors (Lipinski definition) is 0. The first-order valence-corrected chi connectivity index (χ1v) is 2.95. The Morgan fingerprint density at radius 2 is 2.57 bits per heavy atom. The van der Waals surface area contributed by atoms with Crippen LogP contribution in [0.15, 0.2) is 11.6 Å². The molecule has 7 heavy (non-hydrogen) atoms. The maximum Gasteiger partial charge on any atom is -0.0133 e. The second-order valence-corrected chi connectivity index (χ2v) is 1.98. The molecule has 0 spiro atoms. The van der Waals surface area contributed by atoms with Crippen molar-refractivity contribution >= 4 is 0 Å². The average molecular weight is 95.2 g/mol. The molecule has 0 amide bonds. The van der Waals surface area contributed by atoms with E-state index >= 15 is 0 Å². The van der Waals surface area contributed by atoms with E-state index in [1.54, 1.807) is 5.57 Å². The van der Waals surface area contributed by atoms with Crippen molar-refractivity contribution in [2.24, 2.45) is 0 Å². The molecule has 0 saturated carbocycles. The van der Waals surface area contributed by atoms with Crippen LogP contribution >= 0.6 is 0 Å². The van der Waals surface area contributed by atoms with Crippen molar-refractivity contribution in [2.75, 3.05) is 0 Å². The minimum Gasteiger partial charge on any atom is -0.0806 e. The fourth-order valence-corrected chi connectivity index (χ4v) is 0.555. The Morgan fingerprint density at radius 1 is 1.86 bits per heavy atom. The Kier molecular flexibility index (Phi) is 1.50. The fourth-order valence-electron chi connectivity index (χ4n) is 0.555. The quantitative estimate of drug-likeness (QED) is 0.504. The van der Waals surface area contributed by atoms with Gasteiger partial charge >= 0.3 is 0 Å². The van der Waals surface area contributed by atoms with Crippen LogP contribution < -0.4 is 0 Å². The molecule has 0 heterocycles. The molecule has 1 radical (unpaired) electrons. The van der Waals surface area contributed by atoms with Crippen LogP contribution in [0.3, 0.4) is 0 Å². The molecule has 0 N–H and O–H groups in total. The lowest BCUT2D eigenvalue weighted by molar-refractivity contribution is 0.914. The van der Waals surface area contributed by atoms with Gasteiger partial charge in [-0.1, -0.05) is 25.0 Å². The topological polar surface area (TPSA) is 0 Å². The Morgan fingerprint density at radius 3 is 3.00 bits per heavy atom. The van der Waals surface area contributed by atoms with Gasteiger partial charge < -0.3 is 0 Å². The second-order valence-electron chi connectivity index (χ2n) is 1.98. The van der Waals surface area contributed by atoms with E-state index in [2.05, 4.69) is 19.4 Å². The first-order chi connectivity index (χ1) is 3.43. The Bertz CT molecular complexity index is 80.0. The average Bonchev–Trinajstić information content (AvgIpc) is 2.42. The van der Waals surface area contributed by atoms with Gasteiger partial charge in [0, 0.05) is 0 Å². The van der Waals surface area contributed by atoms with Gasteiger partial charge in [0.05, 0.1) is 0 Å². The standard InChI is InChI=1S/C7H11/c1-2-3-4-7-5-6-7/h4-5H,2-3,6H2,1H3. The van der Waals surface area contributed by atoms with Crippen LogP contribution in [0.1, 0.15) is 26.2 Å². The minimum absolute atomic E-state index is 1.26. The summed E-state index contributed by atoms with van der Waals surface area (Å²) in [4.78, 5) is 0. The summed E-state index contributed by atoms with van der Waals surface area (Å²) in [6.45, 7) is 2.21. The van der Waals surface area contributed by atoms with E-state index in [0.29, 0.717) is 0 Å². The third kappa shape index (κ3) is 1.77. The van der Waals surface area contributed by atoms with Gasteiger partial charge in [-0.3, -0.25) is 0 Å². The molecule has 0 bridgehead atoms. The van der Waals surface area contributed by atoms with Crippen molar-refractivity contribution in [2.45, 2.75) is 26.2 Å². The number of hydrogen-bond acceptors (Lipinski definition) is 0. The van der Waals surface area contributed by atoms with Gasteiger partial charge in [-0.15, -0.1) is 0 Å². The van der Waals surface area contributed by atoms with Crippen molar-refractivity contribution < 1.29 is 0 Å².